The number of amides is 1. The summed E-state index contributed by atoms with van der Waals surface area (Å²) in [6, 6.07) is 2.04. The average Bonchev–Trinajstić information content (AvgIpc) is 2.14. The van der Waals surface area contributed by atoms with Gasteiger partial charge in [0.2, 0.25) is 5.91 Å². The van der Waals surface area contributed by atoms with Gasteiger partial charge in [0.05, 0.1) is 0 Å². The first kappa shape index (κ1) is 11.2. The Bertz CT molecular complexity index is 381. The van der Waals surface area contributed by atoms with Crippen molar-refractivity contribution < 1.29 is 18.0 Å². The predicted molar refractivity (Wildman–Crippen MR) is 47.5 cm³/mol. The second-order valence-electron chi connectivity index (χ2n) is 2.71. The molecule has 0 aliphatic carbocycles. The monoisotopic (exact) mass is 216 g/mol. The lowest BCUT2D eigenvalue weighted by Gasteiger charge is -2.04. The van der Waals surface area contributed by atoms with Crippen LogP contribution in [0.3, 0.4) is 0 Å². The highest BCUT2D eigenvalue weighted by atomic mass is 19.4. The molecule has 1 aromatic rings. The van der Waals surface area contributed by atoms with Gasteiger partial charge in [-0.3, -0.25) is 9.78 Å². The molecule has 15 heavy (non-hydrogen) atoms. The van der Waals surface area contributed by atoms with Crippen LogP contribution in [0.2, 0.25) is 0 Å². The molecule has 0 unspecified atom stereocenters. The molecule has 0 saturated carbocycles. The first-order valence-electron chi connectivity index (χ1n) is 3.90. The molecule has 0 aromatic carbocycles. The van der Waals surface area contributed by atoms with Crippen LogP contribution in [0.25, 0.3) is 6.08 Å². The lowest BCUT2D eigenvalue weighted by Crippen LogP contribution is -2.07. The minimum Gasteiger partial charge on any atom is -0.366 e. The van der Waals surface area contributed by atoms with Gasteiger partial charge in [0, 0.05) is 12.3 Å². The third-order valence-electron chi connectivity index (χ3n) is 1.52. The molecule has 0 bridgehead atoms. The standard InChI is InChI=1S/C9H7F3N2O/c10-9(11,12)7-3-1-6(5-14-7)2-4-8(13)15/h1-5H,(H2,13,15). The molecule has 2 N–H and O–H groups in total. The molecule has 0 radical (unpaired) electrons. The van der Waals surface area contributed by atoms with Crippen molar-refractivity contribution in [3.05, 3.63) is 35.7 Å². The van der Waals surface area contributed by atoms with Crippen molar-refractivity contribution in [1.82, 2.24) is 4.98 Å². The quantitative estimate of drug-likeness (QED) is 0.763. The molecule has 0 aliphatic heterocycles. The number of nitrogens with two attached hydrogens (primary N) is 1. The fourth-order valence-corrected chi connectivity index (χ4v) is 0.850. The Kier molecular flexibility index (Phi) is 3.08. The van der Waals surface area contributed by atoms with Gasteiger partial charge in [0.1, 0.15) is 5.69 Å². The van der Waals surface area contributed by atoms with E-state index in [4.69, 9.17) is 5.73 Å². The zero-order chi connectivity index (χ0) is 11.5. The van der Waals surface area contributed by atoms with E-state index in [9.17, 15) is 18.0 Å². The number of halogens is 3. The van der Waals surface area contributed by atoms with E-state index >= 15 is 0 Å². The van der Waals surface area contributed by atoms with Crippen LogP contribution in [-0.2, 0) is 11.0 Å². The normalized spacial score (nSPS) is 11.9. The SMILES string of the molecule is NC(=O)C=Cc1ccc(C(F)(F)F)nc1. The maximum atomic E-state index is 12.1. The topological polar surface area (TPSA) is 56.0 Å². The Morgan fingerprint density at radius 2 is 2.07 bits per heavy atom. The molecule has 0 aliphatic rings. The number of hydrogen-bond donors (Lipinski definition) is 1. The molecule has 0 spiro atoms. The van der Waals surface area contributed by atoms with E-state index in [1.165, 1.54) is 12.1 Å². The van der Waals surface area contributed by atoms with Gasteiger partial charge >= 0.3 is 6.18 Å². The molecule has 0 atom stereocenters. The van der Waals surface area contributed by atoms with E-state index in [1.807, 2.05) is 0 Å². The Morgan fingerprint density at radius 1 is 1.40 bits per heavy atom. The van der Waals surface area contributed by atoms with Gasteiger partial charge in [-0.1, -0.05) is 6.07 Å². The van der Waals surface area contributed by atoms with E-state index in [2.05, 4.69) is 4.98 Å². The number of aromatic nitrogens is 1. The van der Waals surface area contributed by atoms with Gasteiger partial charge in [-0.25, -0.2) is 0 Å². The average molecular weight is 216 g/mol. The highest BCUT2D eigenvalue weighted by Crippen LogP contribution is 2.27. The summed E-state index contributed by atoms with van der Waals surface area (Å²) >= 11 is 0. The zero-order valence-electron chi connectivity index (χ0n) is 7.45. The van der Waals surface area contributed by atoms with E-state index < -0.39 is 17.8 Å². The summed E-state index contributed by atoms with van der Waals surface area (Å²) in [7, 11) is 0. The largest absolute Gasteiger partial charge is 0.433 e. The van der Waals surface area contributed by atoms with E-state index in [-0.39, 0.29) is 0 Å². The first-order valence-corrected chi connectivity index (χ1v) is 3.90. The minimum atomic E-state index is -4.45. The summed E-state index contributed by atoms with van der Waals surface area (Å²) in [5, 5.41) is 0. The fourth-order valence-electron chi connectivity index (χ4n) is 0.850. The van der Waals surface area contributed by atoms with Gasteiger partial charge in [-0.05, 0) is 17.7 Å². The smallest absolute Gasteiger partial charge is 0.366 e. The highest BCUT2D eigenvalue weighted by Gasteiger charge is 2.31. The van der Waals surface area contributed by atoms with Crippen LogP contribution in [0.1, 0.15) is 11.3 Å². The summed E-state index contributed by atoms with van der Waals surface area (Å²) < 4.78 is 36.2. The Hall–Kier alpha value is -1.85. The summed E-state index contributed by atoms with van der Waals surface area (Å²) in [4.78, 5) is 13.5. The van der Waals surface area contributed by atoms with Gasteiger partial charge in [0.15, 0.2) is 0 Å². The Labute approximate surface area is 83.4 Å². The second-order valence-corrected chi connectivity index (χ2v) is 2.71. The maximum absolute atomic E-state index is 12.1. The Morgan fingerprint density at radius 3 is 2.47 bits per heavy atom. The van der Waals surface area contributed by atoms with Crippen LogP contribution in [0, 0.1) is 0 Å². The first-order chi connectivity index (χ1) is 6.89. The van der Waals surface area contributed by atoms with Gasteiger partial charge in [0.25, 0.3) is 0 Å². The van der Waals surface area contributed by atoms with Crippen LogP contribution >= 0.6 is 0 Å². The molecule has 6 heteroatoms. The van der Waals surface area contributed by atoms with Crippen LogP contribution < -0.4 is 5.73 Å². The summed E-state index contributed by atoms with van der Waals surface area (Å²) in [6.07, 6.45) is -1.10. The van der Waals surface area contributed by atoms with Crippen molar-refractivity contribution in [2.24, 2.45) is 5.73 Å². The van der Waals surface area contributed by atoms with Crippen molar-refractivity contribution in [3.8, 4) is 0 Å². The number of nitrogens with zero attached hydrogens (tertiary/aromatic N) is 1. The van der Waals surface area contributed by atoms with Crippen molar-refractivity contribution in [2.75, 3.05) is 0 Å². The molecule has 0 saturated heterocycles. The van der Waals surface area contributed by atoms with E-state index in [0.717, 1.165) is 18.3 Å². The predicted octanol–water partition coefficient (Wildman–Crippen LogP) is 1.60. The number of primary amides is 1. The number of alkyl halides is 3. The molecular formula is C9H7F3N2O. The molecule has 1 heterocycles. The molecule has 80 valence electrons. The van der Waals surface area contributed by atoms with Crippen LogP contribution in [0.15, 0.2) is 24.4 Å². The zero-order valence-corrected chi connectivity index (χ0v) is 7.45. The number of carbonyl (C=O) groups excluding carboxylic acids is 1. The van der Waals surface area contributed by atoms with Gasteiger partial charge < -0.3 is 5.73 Å². The van der Waals surface area contributed by atoms with Crippen molar-refractivity contribution >= 4 is 12.0 Å². The van der Waals surface area contributed by atoms with Crippen molar-refractivity contribution in [2.45, 2.75) is 6.18 Å². The Balaban J connectivity index is 2.86. The lowest BCUT2D eigenvalue weighted by atomic mass is 10.2. The lowest BCUT2D eigenvalue weighted by molar-refractivity contribution is -0.141. The molecule has 0 fully saturated rings. The van der Waals surface area contributed by atoms with Crippen molar-refractivity contribution in [3.63, 3.8) is 0 Å². The third-order valence-corrected chi connectivity index (χ3v) is 1.52. The third kappa shape index (κ3) is 3.41. The fraction of sp³-hybridized carbons (Fsp3) is 0.111. The summed E-state index contributed by atoms with van der Waals surface area (Å²) in [6.45, 7) is 0. The highest BCUT2D eigenvalue weighted by molar-refractivity contribution is 5.90. The number of carbonyl (C=O) groups is 1. The molecule has 1 rings (SSSR count). The number of pyridine rings is 1. The van der Waals surface area contributed by atoms with Gasteiger partial charge in [-0.2, -0.15) is 13.2 Å². The van der Waals surface area contributed by atoms with Gasteiger partial charge in [-0.15, -0.1) is 0 Å². The van der Waals surface area contributed by atoms with E-state index in [1.54, 1.807) is 0 Å². The summed E-state index contributed by atoms with van der Waals surface area (Å²) in [5.41, 5.74) is 4.22. The molecule has 1 aromatic heterocycles. The van der Waals surface area contributed by atoms with Crippen LogP contribution in [0.5, 0.6) is 0 Å². The van der Waals surface area contributed by atoms with E-state index in [0.29, 0.717) is 5.56 Å². The minimum absolute atomic E-state index is 0.377. The van der Waals surface area contributed by atoms with Crippen LogP contribution in [0.4, 0.5) is 13.2 Å². The number of hydrogen-bond acceptors (Lipinski definition) is 2. The maximum Gasteiger partial charge on any atom is 0.433 e. The van der Waals surface area contributed by atoms with Crippen LogP contribution in [-0.4, -0.2) is 10.9 Å². The number of rotatable bonds is 2. The van der Waals surface area contributed by atoms with Crippen molar-refractivity contribution in [1.29, 1.82) is 0 Å². The molecular weight excluding hydrogens is 209 g/mol. The molecule has 1 amide bonds. The second kappa shape index (κ2) is 4.12. The molecule has 3 nitrogen and oxygen atoms in total. The summed E-state index contributed by atoms with van der Waals surface area (Å²) in [5.74, 6) is -0.671.